The summed E-state index contributed by atoms with van der Waals surface area (Å²) < 4.78 is 0. The van der Waals surface area contributed by atoms with Gasteiger partial charge in [-0.15, -0.1) is 6.58 Å². The Morgan fingerprint density at radius 3 is 3.19 bits per heavy atom. The van der Waals surface area contributed by atoms with Crippen LogP contribution >= 0.6 is 23.4 Å². The number of hydrogen-bond donors (Lipinski definition) is 1. The normalized spacial score (nSPS) is 11.9. The van der Waals surface area contributed by atoms with Gasteiger partial charge in [-0.25, -0.2) is 4.98 Å². The summed E-state index contributed by atoms with van der Waals surface area (Å²) in [6, 6.07) is 3.51. The van der Waals surface area contributed by atoms with Crippen LogP contribution in [0.25, 0.3) is 0 Å². The Balaban J connectivity index is 2.57. The van der Waals surface area contributed by atoms with Crippen molar-refractivity contribution in [3.05, 3.63) is 36.0 Å². The SMILES string of the molecule is C=CCNC(=O)C(C)Sc1ncccc1Cl. The lowest BCUT2D eigenvalue weighted by Gasteiger charge is -2.10. The molecule has 1 N–H and O–H groups in total. The second-order valence-corrected chi connectivity index (χ2v) is 4.82. The van der Waals surface area contributed by atoms with Crippen molar-refractivity contribution in [3.8, 4) is 0 Å². The van der Waals surface area contributed by atoms with E-state index < -0.39 is 0 Å². The molecule has 0 saturated heterocycles. The Labute approximate surface area is 104 Å². The smallest absolute Gasteiger partial charge is 0.233 e. The van der Waals surface area contributed by atoms with Gasteiger partial charge >= 0.3 is 0 Å². The molecule has 0 spiro atoms. The number of carbonyl (C=O) groups is 1. The molecule has 0 aliphatic carbocycles. The van der Waals surface area contributed by atoms with Crippen molar-refractivity contribution in [1.29, 1.82) is 0 Å². The van der Waals surface area contributed by atoms with Gasteiger partial charge in [0, 0.05) is 12.7 Å². The van der Waals surface area contributed by atoms with Crippen molar-refractivity contribution in [1.82, 2.24) is 10.3 Å². The van der Waals surface area contributed by atoms with Gasteiger partial charge in [0.15, 0.2) is 0 Å². The summed E-state index contributed by atoms with van der Waals surface area (Å²) in [5.41, 5.74) is 0. The lowest BCUT2D eigenvalue weighted by molar-refractivity contribution is -0.120. The van der Waals surface area contributed by atoms with E-state index in [9.17, 15) is 4.79 Å². The summed E-state index contributed by atoms with van der Waals surface area (Å²) in [5, 5.41) is 3.73. The third-order valence-electron chi connectivity index (χ3n) is 1.80. The number of amides is 1. The number of halogens is 1. The number of nitrogens with zero attached hydrogens (tertiary/aromatic N) is 1. The average molecular weight is 257 g/mol. The van der Waals surface area contributed by atoms with Crippen molar-refractivity contribution in [3.63, 3.8) is 0 Å². The monoisotopic (exact) mass is 256 g/mol. The van der Waals surface area contributed by atoms with Gasteiger partial charge in [-0.3, -0.25) is 4.79 Å². The fourth-order valence-corrected chi connectivity index (χ4v) is 2.08. The molecule has 0 aliphatic rings. The number of rotatable bonds is 5. The molecule has 5 heteroatoms. The number of carbonyl (C=O) groups excluding carboxylic acids is 1. The van der Waals surface area contributed by atoms with Gasteiger partial charge in [0.25, 0.3) is 0 Å². The first kappa shape index (κ1) is 13.1. The molecule has 1 rings (SSSR count). The Kier molecular flexibility index (Phi) is 5.35. The summed E-state index contributed by atoms with van der Waals surface area (Å²) in [7, 11) is 0. The molecular formula is C11H13ClN2OS. The van der Waals surface area contributed by atoms with E-state index in [-0.39, 0.29) is 11.2 Å². The molecule has 0 fully saturated rings. The second kappa shape index (κ2) is 6.55. The van der Waals surface area contributed by atoms with E-state index in [4.69, 9.17) is 11.6 Å². The molecule has 16 heavy (non-hydrogen) atoms. The first-order valence-electron chi connectivity index (χ1n) is 4.81. The zero-order valence-electron chi connectivity index (χ0n) is 8.94. The molecule has 86 valence electrons. The molecular weight excluding hydrogens is 244 g/mol. The number of hydrogen-bond acceptors (Lipinski definition) is 3. The fraction of sp³-hybridized carbons (Fsp3) is 0.273. The quantitative estimate of drug-likeness (QED) is 0.650. The molecule has 0 saturated carbocycles. The van der Waals surface area contributed by atoms with E-state index in [1.165, 1.54) is 11.8 Å². The van der Waals surface area contributed by atoms with Gasteiger partial charge in [0.1, 0.15) is 5.03 Å². The summed E-state index contributed by atoms with van der Waals surface area (Å²) in [6.45, 7) is 5.82. The van der Waals surface area contributed by atoms with Crippen LogP contribution in [0.2, 0.25) is 5.02 Å². The lowest BCUT2D eigenvalue weighted by Crippen LogP contribution is -2.30. The second-order valence-electron chi connectivity index (χ2n) is 3.08. The van der Waals surface area contributed by atoms with Crippen LogP contribution in [0.1, 0.15) is 6.92 Å². The predicted molar refractivity (Wildman–Crippen MR) is 67.8 cm³/mol. The molecule has 1 atom stereocenters. The largest absolute Gasteiger partial charge is 0.352 e. The Morgan fingerprint density at radius 1 is 1.81 bits per heavy atom. The van der Waals surface area contributed by atoms with Crippen LogP contribution in [0.4, 0.5) is 0 Å². The Hall–Kier alpha value is -1.00. The molecule has 1 aromatic rings. The Morgan fingerprint density at radius 2 is 2.56 bits per heavy atom. The molecule has 3 nitrogen and oxygen atoms in total. The zero-order valence-corrected chi connectivity index (χ0v) is 10.5. The highest BCUT2D eigenvalue weighted by Gasteiger charge is 2.15. The molecule has 0 bridgehead atoms. The highest BCUT2D eigenvalue weighted by molar-refractivity contribution is 8.00. The molecule has 1 heterocycles. The van der Waals surface area contributed by atoms with E-state index in [0.29, 0.717) is 16.6 Å². The third kappa shape index (κ3) is 3.87. The van der Waals surface area contributed by atoms with Gasteiger partial charge in [-0.2, -0.15) is 0 Å². The number of thioether (sulfide) groups is 1. The molecule has 1 amide bonds. The zero-order chi connectivity index (χ0) is 12.0. The minimum atomic E-state index is -0.229. The summed E-state index contributed by atoms with van der Waals surface area (Å²) >= 11 is 7.29. The minimum Gasteiger partial charge on any atom is -0.352 e. The van der Waals surface area contributed by atoms with Crippen molar-refractivity contribution in [2.45, 2.75) is 17.2 Å². The molecule has 0 aliphatic heterocycles. The summed E-state index contributed by atoms with van der Waals surface area (Å²) in [5.74, 6) is -0.0494. The van der Waals surface area contributed by atoms with E-state index in [1.54, 1.807) is 24.4 Å². The van der Waals surface area contributed by atoms with Crippen molar-refractivity contribution in [2.75, 3.05) is 6.54 Å². The van der Waals surface area contributed by atoms with Crippen LogP contribution in [-0.2, 0) is 4.79 Å². The Bertz CT molecular complexity index is 384. The molecule has 0 radical (unpaired) electrons. The summed E-state index contributed by atoms with van der Waals surface area (Å²) in [6.07, 6.45) is 3.30. The highest BCUT2D eigenvalue weighted by atomic mass is 35.5. The average Bonchev–Trinajstić information content (AvgIpc) is 2.28. The number of aromatic nitrogens is 1. The number of pyridine rings is 1. The van der Waals surface area contributed by atoms with E-state index in [1.807, 2.05) is 6.92 Å². The number of nitrogens with one attached hydrogen (secondary N) is 1. The minimum absolute atomic E-state index is 0.0494. The van der Waals surface area contributed by atoms with Crippen molar-refractivity contribution in [2.24, 2.45) is 0 Å². The first-order chi connectivity index (χ1) is 7.65. The van der Waals surface area contributed by atoms with Gasteiger partial charge in [-0.1, -0.05) is 29.4 Å². The van der Waals surface area contributed by atoms with Crippen LogP contribution in [0, 0.1) is 0 Å². The fourth-order valence-electron chi connectivity index (χ4n) is 0.995. The summed E-state index contributed by atoms with van der Waals surface area (Å²) in [4.78, 5) is 15.7. The molecule has 0 aromatic carbocycles. The van der Waals surface area contributed by atoms with Gasteiger partial charge in [-0.05, 0) is 19.1 Å². The van der Waals surface area contributed by atoms with Crippen molar-refractivity contribution >= 4 is 29.3 Å². The van der Waals surface area contributed by atoms with Crippen LogP contribution in [-0.4, -0.2) is 22.7 Å². The van der Waals surface area contributed by atoms with Gasteiger partial charge in [0.05, 0.1) is 10.3 Å². The van der Waals surface area contributed by atoms with Gasteiger partial charge in [0.2, 0.25) is 5.91 Å². The standard InChI is InChI=1S/C11H13ClN2OS/c1-3-6-13-10(15)8(2)16-11-9(12)5-4-7-14-11/h3-5,7-8H,1,6H2,2H3,(H,13,15). The van der Waals surface area contributed by atoms with Crippen LogP contribution in [0.5, 0.6) is 0 Å². The lowest BCUT2D eigenvalue weighted by atomic mass is 10.4. The molecule has 1 aromatic heterocycles. The van der Waals surface area contributed by atoms with Crippen LogP contribution < -0.4 is 5.32 Å². The maximum Gasteiger partial charge on any atom is 0.233 e. The maximum absolute atomic E-state index is 11.6. The maximum atomic E-state index is 11.6. The van der Waals surface area contributed by atoms with E-state index in [2.05, 4.69) is 16.9 Å². The topological polar surface area (TPSA) is 42.0 Å². The molecule has 1 unspecified atom stereocenters. The van der Waals surface area contributed by atoms with E-state index >= 15 is 0 Å². The van der Waals surface area contributed by atoms with Gasteiger partial charge < -0.3 is 5.32 Å². The van der Waals surface area contributed by atoms with E-state index in [0.717, 1.165) is 0 Å². The first-order valence-corrected chi connectivity index (χ1v) is 6.06. The van der Waals surface area contributed by atoms with Crippen molar-refractivity contribution < 1.29 is 4.79 Å². The highest BCUT2D eigenvalue weighted by Crippen LogP contribution is 2.27. The van der Waals surface area contributed by atoms with Crippen LogP contribution in [0.3, 0.4) is 0 Å². The predicted octanol–water partition coefficient (Wildman–Crippen LogP) is 2.52. The third-order valence-corrected chi connectivity index (χ3v) is 3.34. The van der Waals surface area contributed by atoms with Crippen LogP contribution in [0.15, 0.2) is 36.0 Å².